The number of hydrogen-bond donors (Lipinski definition) is 2. The number of amides is 1. The van der Waals surface area contributed by atoms with Gasteiger partial charge in [-0.15, -0.1) is 0 Å². The van der Waals surface area contributed by atoms with Crippen LogP contribution in [0, 0.1) is 5.82 Å². The van der Waals surface area contributed by atoms with Gasteiger partial charge < -0.3 is 4.90 Å². The van der Waals surface area contributed by atoms with Gasteiger partial charge in [0.15, 0.2) is 0 Å². The van der Waals surface area contributed by atoms with Gasteiger partial charge >= 0.3 is 0 Å². The second-order valence-corrected chi connectivity index (χ2v) is 7.02. The normalized spacial score (nSPS) is 18.7. The zero-order chi connectivity index (χ0) is 18.7. The second kappa shape index (κ2) is 8.14. The van der Waals surface area contributed by atoms with Gasteiger partial charge in [0.1, 0.15) is 5.82 Å². The van der Waals surface area contributed by atoms with Crippen LogP contribution in [-0.2, 0) is 6.54 Å². The zero-order valence-corrected chi connectivity index (χ0v) is 15.3. The van der Waals surface area contributed by atoms with Crippen molar-refractivity contribution in [3.8, 4) is 0 Å². The van der Waals surface area contributed by atoms with Crippen LogP contribution in [0.15, 0.2) is 42.5 Å². The van der Waals surface area contributed by atoms with Crippen LogP contribution in [0.5, 0.6) is 0 Å². The molecule has 7 heteroatoms. The molecule has 0 bridgehead atoms. The predicted octanol–water partition coefficient (Wildman–Crippen LogP) is 2.57. The van der Waals surface area contributed by atoms with Crippen LogP contribution in [0.25, 0.3) is 0 Å². The zero-order valence-electron chi connectivity index (χ0n) is 14.6. The molecule has 2 aromatic rings. The maximum Gasteiger partial charge on any atom is 0.265 e. The molecular weight excluding hydrogens is 355 g/mol. The fourth-order valence-electron chi connectivity index (χ4n) is 3.27. The number of piperazine rings is 1. The van der Waals surface area contributed by atoms with Crippen molar-refractivity contribution in [2.75, 3.05) is 26.7 Å². The van der Waals surface area contributed by atoms with Crippen molar-refractivity contribution in [1.29, 1.82) is 0 Å². The van der Waals surface area contributed by atoms with Crippen LogP contribution in [0.2, 0.25) is 5.02 Å². The summed E-state index contributed by atoms with van der Waals surface area (Å²) in [5.74, 6) is 4.20. The minimum absolute atomic E-state index is 0.150. The Labute approximate surface area is 157 Å². The van der Waals surface area contributed by atoms with Gasteiger partial charge in [-0.1, -0.05) is 29.8 Å². The van der Waals surface area contributed by atoms with Crippen molar-refractivity contribution in [3.63, 3.8) is 0 Å². The van der Waals surface area contributed by atoms with E-state index >= 15 is 0 Å². The van der Waals surface area contributed by atoms with Gasteiger partial charge in [0, 0.05) is 48.4 Å². The number of hydrogen-bond acceptors (Lipinski definition) is 4. The first-order valence-electron chi connectivity index (χ1n) is 8.45. The Kier molecular flexibility index (Phi) is 5.88. The van der Waals surface area contributed by atoms with Crippen molar-refractivity contribution >= 4 is 17.5 Å². The summed E-state index contributed by atoms with van der Waals surface area (Å²) in [6.45, 7) is 3.07. The SMILES string of the molecule is CN1CCN(Cc2ccc(C(=O)NN)cc2F)C(c2ccc(Cl)cc2)C1. The smallest absolute Gasteiger partial charge is 0.265 e. The molecule has 0 saturated carbocycles. The summed E-state index contributed by atoms with van der Waals surface area (Å²) in [6.07, 6.45) is 0. The number of nitrogens with zero attached hydrogens (tertiary/aromatic N) is 2. The largest absolute Gasteiger partial charge is 0.303 e. The number of nitrogen functional groups attached to an aromatic ring is 1. The molecule has 0 aliphatic carbocycles. The Bertz CT molecular complexity index is 784. The van der Waals surface area contributed by atoms with E-state index in [0.29, 0.717) is 17.1 Å². The van der Waals surface area contributed by atoms with Crippen molar-refractivity contribution in [3.05, 3.63) is 70.0 Å². The predicted molar refractivity (Wildman–Crippen MR) is 100 cm³/mol. The molecule has 2 aromatic carbocycles. The van der Waals surface area contributed by atoms with Gasteiger partial charge in [-0.2, -0.15) is 0 Å². The number of rotatable bonds is 4. The first kappa shape index (κ1) is 18.8. The van der Waals surface area contributed by atoms with E-state index in [-0.39, 0.29) is 11.6 Å². The Balaban J connectivity index is 1.82. The molecule has 1 fully saturated rings. The molecule has 26 heavy (non-hydrogen) atoms. The van der Waals surface area contributed by atoms with E-state index in [9.17, 15) is 9.18 Å². The molecule has 1 aliphatic heterocycles. The molecule has 0 spiro atoms. The number of hydrazine groups is 1. The van der Waals surface area contributed by atoms with E-state index in [0.717, 1.165) is 25.2 Å². The number of benzene rings is 2. The molecule has 0 radical (unpaired) electrons. The molecular formula is C19H22ClFN4O. The molecule has 3 N–H and O–H groups in total. The van der Waals surface area contributed by atoms with Gasteiger partial charge in [-0.3, -0.25) is 15.1 Å². The van der Waals surface area contributed by atoms with E-state index in [1.54, 1.807) is 12.1 Å². The fraction of sp³-hybridized carbons (Fsp3) is 0.316. The first-order chi connectivity index (χ1) is 12.5. The third-order valence-electron chi connectivity index (χ3n) is 4.77. The third-order valence-corrected chi connectivity index (χ3v) is 5.02. The van der Waals surface area contributed by atoms with Gasteiger partial charge in [-0.25, -0.2) is 10.2 Å². The average molecular weight is 377 g/mol. The highest BCUT2D eigenvalue weighted by molar-refractivity contribution is 6.30. The van der Waals surface area contributed by atoms with E-state index in [1.165, 1.54) is 6.07 Å². The second-order valence-electron chi connectivity index (χ2n) is 6.58. The van der Waals surface area contributed by atoms with Gasteiger partial charge in [0.05, 0.1) is 0 Å². The molecule has 5 nitrogen and oxygen atoms in total. The monoisotopic (exact) mass is 376 g/mol. The van der Waals surface area contributed by atoms with Gasteiger partial charge in [0.25, 0.3) is 5.91 Å². The van der Waals surface area contributed by atoms with Crippen LogP contribution < -0.4 is 11.3 Å². The van der Waals surface area contributed by atoms with Crippen LogP contribution >= 0.6 is 11.6 Å². The lowest BCUT2D eigenvalue weighted by atomic mass is 10.0. The molecule has 1 unspecified atom stereocenters. The van der Waals surface area contributed by atoms with E-state index in [2.05, 4.69) is 16.8 Å². The van der Waals surface area contributed by atoms with Crippen molar-refractivity contribution in [2.24, 2.45) is 5.84 Å². The number of nitrogens with one attached hydrogen (secondary N) is 1. The quantitative estimate of drug-likeness (QED) is 0.489. The van der Waals surface area contributed by atoms with Crippen molar-refractivity contribution < 1.29 is 9.18 Å². The summed E-state index contributed by atoms with van der Waals surface area (Å²) in [6, 6.07) is 12.4. The Morgan fingerprint density at radius 3 is 2.65 bits per heavy atom. The van der Waals surface area contributed by atoms with E-state index < -0.39 is 11.7 Å². The van der Waals surface area contributed by atoms with Crippen LogP contribution in [0.1, 0.15) is 27.5 Å². The molecule has 1 atom stereocenters. The lowest BCUT2D eigenvalue weighted by Crippen LogP contribution is -2.46. The Morgan fingerprint density at radius 1 is 1.27 bits per heavy atom. The highest BCUT2D eigenvalue weighted by Crippen LogP contribution is 2.28. The summed E-state index contributed by atoms with van der Waals surface area (Å²) in [5, 5.41) is 0.698. The number of carbonyl (C=O) groups excluding carboxylic acids is 1. The van der Waals surface area contributed by atoms with Crippen LogP contribution in [0.4, 0.5) is 4.39 Å². The van der Waals surface area contributed by atoms with Crippen LogP contribution in [0.3, 0.4) is 0 Å². The van der Waals surface area contributed by atoms with E-state index in [1.807, 2.05) is 29.7 Å². The summed E-state index contributed by atoms with van der Waals surface area (Å²) in [4.78, 5) is 16.1. The lowest BCUT2D eigenvalue weighted by Gasteiger charge is -2.40. The summed E-state index contributed by atoms with van der Waals surface area (Å²) in [7, 11) is 2.08. The number of carbonyl (C=O) groups is 1. The number of nitrogens with two attached hydrogens (primary N) is 1. The molecule has 1 amide bonds. The fourth-order valence-corrected chi connectivity index (χ4v) is 3.39. The minimum atomic E-state index is -0.505. The maximum atomic E-state index is 14.5. The number of halogens is 2. The Morgan fingerprint density at radius 2 is 2.00 bits per heavy atom. The van der Waals surface area contributed by atoms with Crippen LogP contribution in [-0.4, -0.2) is 42.4 Å². The number of likely N-dealkylation sites (N-methyl/N-ethyl adjacent to an activating group) is 1. The molecule has 1 aliphatic rings. The highest BCUT2D eigenvalue weighted by Gasteiger charge is 2.27. The highest BCUT2D eigenvalue weighted by atomic mass is 35.5. The molecule has 1 saturated heterocycles. The van der Waals surface area contributed by atoms with Gasteiger partial charge in [0.2, 0.25) is 0 Å². The summed E-state index contributed by atoms with van der Waals surface area (Å²) < 4.78 is 14.5. The molecule has 138 valence electrons. The van der Waals surface area contributed by atoms with Gasteiger partial charge in [-0.05, 0) is 36.9 Å². The van der Waals surface area contributed by atoms with Crippen molar-refractivity contribution in [2.45, 2.75) is 12.6 Å². The average Bonchev–Trinajstić information content (AvgIpc) is 2.64. The molecule has 0 aromatic heterocycles. The third kappa shape index (κ3) is 4.22. The minimum Gasteiger partial charge on any atom is -0.303 e. The lowest BCUT2D eigenvalue weighted by molar-refractivity contribution is 0.0823. The molecule has 3 rings (SSSR count). The summed E-state index contributed by atoms with van der Waals surface area (Å²) >= 11 is 6.00. The Hall–Kier alpha value is -1.99. The molecule has 1 heterocycles. The summed E-state index contributed by atoms with van der Waals surface area (Å²) in [5.41, 5.74) is 3.94. The van der Waals surface area contributed by atoms with Crippen molar-refractivity contribution in [1.82, 2.24) is 15.2 Å². The van der Waals surface area contributed by atoms with E-state index in [4.69, 9.17) is 17.4 Å². The topological polar surface area (TPSA) is 61.6 Å². The maximum absolute atomic E-state index is 14.5. The standard InChI is InChI=1S/C19H22ClFN4O/c1-24-8-9-25(18(12-24)13-4-6-16(20)7-5-13)11-15-3-2-14(10-17(15)21)19(26)23-22/h2-7,10,18H,8-9,11-12,22H2,1H3,(H,23,26). The first-order valence-corrected chi connectivity index (χ1v) is 8.83.